The molecule has 0 fully saturated rings. The second-order valence-electron chi connectivity index (χ2n) is 3.95. The molecule has 0 saturated heterocycles. The van der Waals surface area contributed by atoms with Crippen LogP contribution in [0.5, 0.6) is 0 Å². The number of nitriles is 2. The van der Waals surface area contributed by atoms with Crippen LogP contribution in [0.2, 0.25) is 0 Å². The molecule has 0 aliphatic carbocycles. The van der Waals surface area contributed by atoms with Crippen molar-refractivity contribution in [3.8, 4) is 12.1 Å². The van der Waals surface area contributed by atoms with Crippen LogP contribution >= 0.6 is 11.8 Å². The highest BCUT2D eigenvalue weighted by molar-refractivity contribution is 8.00. The Labute approximate surface area is 112 Å². The van der Waals surface area contributed by atoms with Crippen LogP contribution in [-0.4, -0.2) is 46.1 Å². The zero-order valence-corrected chi connectivity index (χ0v) is 11.6. The lowest BCUT2D eigenvalue weighted by Crippen LogP contribution is -2.34. The van der Waals surface area contributed by atoms with E-state index in [1.54, 1.807) is 6.92 Å². The number of rotatable bonds is 8. The van der Waals surface area contributed by atoms with E-state index in [4.69, 9.17) is 10.5 Å². The molecule has 0 radical (unpaired) electrons. The largest absolute Gasteiger partial charge is 0.392 e. The van der Waals surface area contributed by atoms with Gasteiger partial charge in [0.25, 0.3) is 0 Å². The third-order valence-electron chi connectivity index (χ3n) is 2.49. The van der Waals surface area contributed by atoms with E-state index in [0.29, 0.717) is 13.1 Å². The van der Waals surface area contributed by atoms with E-state index >= 15 is 0 Å². The SMILES string of the molecule is CC(O)C(C)SCC(=O)N(CCC#N)CCC#N. The third-order valence-corrected chi connectivity index (χ3v) is 3.82. The molecule has 2 atom stereocenters. The van der Waals surface area contributed by atoms with E-state index in [9.17, 15) is 9.90 Å². The molecule has 0 aliphatic heterocycles. The minimum atomic E-state index is -0.463. The molecule has 0 saturated carbocycles. The van der Waals surface area contributed by atoms with Crippen LogP contribution in [0.1, 0.15) is 26.7 Å². The molecular formula is C12H19N3O2S. The summed E-state index contributed by atoms with van der Waals surface area (Å²) in [6, 6.07) is 3.98. The number of aliphatic hydroxyl groups excluding tert-OH is 1. The van der Waals surface area contributed by atoms with E-state index < -0.39 is 6.10 Å². The number of amides is 1. The molecule has 6 heteroatoms. The Kier molecular flexibility index (Phi) is 9.08. The quantitative estimate of drug-likeness (QED) is 0.714. The molecule has 5 nitrogen and oxygen atoms in total. The van der Waals surface area contributed by atoms with Gasteiger partial charge >= 0.3 is 0 Å². The second-order valence-corrected chi connectivity index (χ2v) is 5.32. The molecule has 0 aromatic carbocycles. The van der Waals surface area contributed by atoms with Crippen molar-refractivity contribution >= 4 is 17.7 Å². The molecule has 1 amide bonds. The fraction of sp³-hybridized carbons (Fsp3) is 0.750. The monoisotopic (exact) mass is 269 g/mol. The Bertz CT molecular complexity index is 315. The standard InChI is InChI=1S/C12H19N3O2S/c1-10(16)11(2)18-9-12(17)15(7-3-5-13)8-4-6-14/h10-11,16H,3-4,7-9H2,1-2H3. The highest BCUT2D eigenvalue weighted by Gasteiger charge is 2.16. The summed E-state index contributed by atoms with van der Waals surface area (Å²) in [5.74, 6) is 0.182. The fourth-order valence-corrected chi connectivity index (χ4v) is 2.03. The van der Waals surface area contributed by atoms with Crippen molar-refractivity contribution in [3.05, 3.63) is 0 Å². The number of nitrogens with zero attached hydrogens (tertiary/aromatic N) is 3. The minimum Gasteiger partial charge on any atom is -0.392 e. The summed E-state index contributed by atoms with van der Waals surface area (Å²) in [6.45, 7) is 4.27. The van der Waals surface area contributed by atoms with Crippen molar-refractivity contribution < 1.29 is 9.90 Å². The zero-order valence-electron chi connectivity index (χ0n) is 10.8. The maximum Gasteiger partial charge on any atom is 0.232 e. The van der Waals surface area contributed by atoms with Crippen molar-refractivity contribution in [2.24, 2.45) is 0 Å². The van der Waals surface area contributed by atoms with Gasteiger partial charge in [0.2, 0.25) is 5.91 Å². The first kappa shape index (κ1) is 16.8. The normalized spacial score (nSPS) is 13.2. The molecule has 0 rings (SSSR count). The Balaban J connectivity index is 4.20. The van der Waals surface area contributed by atoms with E-state index in [1.807, 2.05) is 19.1 Å². The molecule has 1 N–H and O–H groups in total. The smallest absolute Gasteiger partial charge is 0.232 e. The topological polar surface area (TPSA) is 88.1 Å². The molecule has 0 heterocycles. The van der Waals surface area contributed by atoms with Gasteiger partial charge in [0, 0.05) is 18.3 Å². The van der Waals surface area contributed by atoms with Crippen LogP contribution in [0.4, 0.5) is 0 Å². The molecule has 0 bridgehead atoms. The average molecular weight is 269 g/mol. The second kappa shape index (κ2) is 9.76. The maximum atomic E-state index is 11.9. The van der Waals surface area contributed by atoms with E-state index in [2.05, 4.69) is 0 Å². The number of carbonyl (C=O) groups is 1. The molecule has 0 aromatic heterocycles. The minimum absolute atomic E-state index is 0.0114. The van der Waals surface area contributed by atoms with Gasteiger partial charge in [-0.05, 0) is 6.92 Å². The van der Waals surface area contributed by atoms with Crippen LogP contribution in [-0.2, 0) is 4.79 Å². The Morgan fingerprint density at radius 2 is 1.78 bits per heavy atom. The first-order valence-corrected chi connectivity index (χ1v) is 6.89. The summed E-state index contributed by atoms with van der Waals surface area (Å²) in [7, 11) is 0. The lowest BCUT2D eigenvalue weighted by atomic mass is 10.3. The van der Waals surface area contributed by atoms with Gasteiger partial charge in [-0.15, -0.1) is 11.8 Å². The van der Waals surface area contributed by atoms with Gasteiger partial charge in [-0.1, -0.05) is 6.92 Å². The predicted molar refractivity (Wildman–Crippen MR) is 70.6 cm³/mol. The summed E-state index contributed by atoms with van der Waals surface area (Å²) >= 11 is 1.38. The molecule has 2 unspecified atom stereocenters. The van der Waals surface area contributed by atoms with Gasteiger partial charge in [0.1, 0.15) is 0 Å². The van der Waals surface area contributed by atoms with Gasteiger partial charge in [-0.25, -0.2) is 0 Å². The number of hydrogen-bond donors (Lipinski definition) is 1. The first-order valence-electron chi connectivity index (χ1n) is 5.84. The van der Waals surface area contributed by atoms with Gasteiger partial charge in [-0.3, -0.25) is 4.79 Å². The maximum absolute atomic E-state index is 11.9. The molecule has 18 heavy (non-hydrogen) atoms. The van der Waals surface area contributed by atoms with Crippen molar-refractivity contribution in [1.29, 1.82) is 10.5 Å². The van der Waals surface area contributed by atoms with E-state index in [0.717, 1.165) is 0 Å². The van der Waals surface area contributed by atoms with Crippen LogP contribution < -0.4 is 0 Å². The highest BCUT2D eigenvalue weighted by Crippen LogP contribution is 2.15. The summed E-state index contributed by atoms with van der Waals surface area (Å²) in [4.78, 5) is 13.4. The lowest BCUT2D eigenvalue weighted by Gasteiger charge is -2.21. The van der Waals surface area contributed by atoms with Crippen molar-refractivity contribution in [2.75, 3.05) is 18.8 Å². The predicted octanol–water partition coefficient (Wildman–Crippen LogP) is 1.14. The number of thioether (sulfide) groups is 1. The van der Waals surface area contributed by atoms with Gasteiger partial charge < -0.3 is 10.0 Å². The Morgan fingerprint density at radius 3 is 2.17 bits per heavy atom. The molecular weight excluding hydrogens is 250 g/mol. The van der Waals surface area contributed by atoms with Gasteiger partial charge in [0.05, 0.1) is 36.8 Å². The first-order chi connectivity index (χ1) is 8.52. The molecule has 100 valence electrons. The third kappa shape index (κ3) is 7.16. The van der Waals surface area contributed by atoms with Crippen molar-refractivity contribution in [1.82, 2.24) is 4.90 Å². The number of carbonyl (C=O) groups excluding carboxylic acids is 1. The Hall–Kier alpha value is -1.24. The lowest BCUT2D eigenvalue weighted by molar-refractivity contribution is -0.128. The fourth-order valence-electron chi connectivity index (χ4n) is 1.16. The van der Waals surface area contributed by atoms with Crippen molar-refractivity contribution in [3.63, 3.8) is 0 Å². The number of aliphatic hydroxyl groups is 1. The van der Waals surface area contributed by atoms with Crippen LogP contribution in [0.15, 0.2) is 0 Å². The summed E-state index contributed by atoms with van der Waals surface area (Å²) in [6.07, 6.45) is 0.0798. The van der Waals surface area contributed by atoms with Gasteiger partial charge in [0.15, 0.2) is 0 Å². The van der Waals surface area contributed by atoms with E-state index in [-0.39, 0.29) is 29.8 Å². The van der Waals surface area contributed by atoms with Gasteiger partial charge in [-0.2, -0.15) is 10.5 Å². The number of hydrogen-bond acceptors (Lipinski definition) is 5. The summed E-state index contributed by atoms with van der Waals surface area (Å²) < 4.78 is 0. The van der Waals surface area contributed by atoms with E-state index in [1.165, 1.54) is 16.7 Å². The molecule has 0 aromatic rings. The van der Waals surface area contributed by atoms with Crippen LogP contribution in [0.25, 0.3) is 0 Å². The summed E-state index contributed by atoms with van der Waals surface area (Å²) in [5.41, 5.74) is 0. The van der Waals surface area contributed by atoms with Crippen LogP contribution in [0, 0.1) is 22.7 Å². The average Bonchev–Trinajstić information content (AvgIpc) is 2.35. The Morgan fingerprint density at radius 1 is 1.28 bits per heavy atom. The highest BCUT2D eigenvalue weighted by atomic mass is 32.2. The zero-order chi connectivity index (χ0) is 14.0. The summed E-state index contributed by atoms with van der Waals surface area (Å²) in [5, 5.41) is 26.4. The van der Waals surface area contributed by atoms with Crippen molar-refractivity contribution in [2.45, 2.75) is 38.0 Å². The molecule has 0 aliphatic rings. The molecule has 0 spiro atoms. The van der Waals surface area contributed by atoms with Crippen LogP contribution in [0.3, 0.4) is 0 Å².